The van der Waals surface area contributed by atoms with E-state index >= 15 is 0 Å². The zero-order valence-corrected chi connectivity index (χ0v) is 11.4. The van der Waals surface area contributed by atoms with E-state index in [-0.39, 0.29) is 5.41 Å². The maximum absolute atomic E-state index is 6.02. The van der Waals surface area contributed by atoms with Crippen LogP contribution in [0.3, 0.4) is 0 Å². The van der Waals surface area contributed by atoms with Gasteiger partial charge in [-0.1, -0.05) is 41.9 Å². The molecule has 4 heteroatoms. The average molecular weight is 257 g/mol. The monoisotopic (exact) mass is 257 g/mol. The number of nitrogens with zero attached hydrogens (tertiary/aromatic N) is 2. The Morgan fingerprint density at radius 2 is 1.89 bits per heavy atom. The number of hydrogen-bond donors (Lipinski definition) is 1. The van der Waals surface area contributed by atoms with Crippen LogP contribution in [0.2, 0.25) is 0 Å². The minimum absolute atomic E-state index is 0.0751. The summed E-state index contributed by atoms with van der Waals surface area (Å²) in [5, 5.41) is 4.19. The molecule has 0 saturated heterocycles. The van der Waals surface area contributed by atoms with E-state index in [1.807, 2.05) is 19.9 Å². The first kappa shape index (κ1) is 12.4. The Morgan fingerprint density at radius 1 is 1.21 bits per heavy atom. The Labute approximate surface area is 113 Å². The number of aromatic nitrogens is 2. The van der Waals surface area contributed by atoms with Crippen molar-refractivity contribution in [2.45, 2.75) is 44.1 Å². The first-order chi connectivity index (χ1) is 9.02. The zero-order valence-electron chi connectivity index (χ0n) is 11.4. The van der Waals surface area contributed by atoms with Gasteiger partial charge in [0.15, 0.2) is 5.82 Å². The van der Waals surface area contributed by atoms with Crippen molar-refractivity contribution in [3.05, 3.63) is 47.6 Å². The van der Waals surface area contributed by atoms with Crippen LogP contribution >= 0.6 is 0 Å². The predicted molar refractivity (Wildman–Crippen MR) is 72.6 cm³/mol. The fourth-order valence-corrected chi connectivity index (χ4v) is 2.61. The second kappa shape index (κ2) is 4.17. The summed E-state index contributed by atoms with van der Waals surface area (Å²) in [6.07, 6.45) is 3.34. The van der Waals surface area contributed by atoms with Gasteiger partial charge in [-0.3, -0.25) is 0 Å². The van der Waals surface area contributed by atoms with E-state index in [2.05, 4.69) is 34.4 Å². The highest BCUT2D eigenvalue weighted by atomic mass is 16.5. The van der Waals surface area contributed by atoms with Crippen molar-refractivity contribution >= 4 is 0 Å². The standard InChI is InChI=1S/C15H19N3O/c1-14(2,16)13-17-12(18-19-13)15(9-6-10-15)11-7-4-3-5-8-11/h3-5,7-8H,6,9-10,16H2,1-2H3. The van der Waals surface area contributed by atoms with Crippen molar-refractivity contribution in [2.75, 3.05) is 0 Å². The Balaban J connectivity index is 2.02. The SMILES string of the molecule is CC(C)(N)c1nc(C2(c3ccccc3)CCC2)no1. The van der Waals surface area contributed by atoms with Crippen LogP contribution in [0.4, 0.5) is 0 Å². The van der Waals surface area contributed by atoms with Gasteiger partial charge >= 0.3 is 0 Å². The quantitative estimate of drug-likeness (QED) is 0.918. The molecule has 1 heterocycles. The van der Waals surface area contributed by atoms with Crippen molar-refractivity contribution < 1.29 is 4.52 Å². The second-order valence-electron chi connectivity index (χ2n) is 5.95. The van der Waals surface area contributed by atoms with Crippen molar-refractivity contribution in [1.29, 1.82) is 0 Å². The van der Waals surface area contributed by atoms with Crippen LogP contribution in [0.25, 0.3) is 0 Å². The summed E-state index contributed by atoms with van der Waals surface area (Å²) in [7, 11) is 0. The smallest absolute Gasteiger partial charge is 0.246 e. The second-order valence-corrected chi connectivity index (χ2v) is 5.95. The van der Waals surface area contributed by atoms with E-state index in [4.69, 9.17) is 10.3 Å². The molecule has 0 bridgehead atoms. The lowest BCUT2D eigenvalue weighted by molar-refractivity contribution is 0.265. The molecule has 0 spiro atoms. The fraction of sp³-hybridized carbons (Fsp3) is 0.467. The van der Waals surface area contributed by atoms with Gasteiger partial charge in [0.1, 0.15) is 0 Å². The highest BCUT2D eigenvalue weighted by molar-refractivity contribution is 5.35. The molecule has 1 aromatic heterocycles. The molecule has 1 aliphatic rings. The van der Waals surface area contributed by atoms with Gasteiger partial charge in [0.25, 0.3) is 0 Å². The Hall–Kier alpha value is -1.68. The lowest BCUT2D eigenvalue weighted by Gasteiger charge is -2.39. The summed E-state index contributed by atoms with van der Waals surface area (Å²) in [6, 6.07) is 10.4. The largest absolute Gasteiger partial charge is 0.337 e. The lowest BCUT2D eigenvalue weighted by Crippen LogP contribution is -2.37. The minimum atomic E-state index is -0.590. The molecule has 2 N–H and O–H groups in total. The summed E-state index contributed by atoms with van der Waals surface area (Å²) in [4.78, 5) is 4.55. The van der Waals surface area contributed by atoms with Gasteiger partial charge in [-0.25, -0.2) is 0 Å². The van der Waals surface area contributed by atoms with Crippen LogP contribution in [0.15, 0.2) is 34.9 Å². The highest BCUT2D eigenvalue weighted by Gasteiger charge is 2.44. The summed E-state index contributed by atoms with van der Waals surface area (Å²) in [5.41, 5.74) is 6.62. The molecule has 3 rings (SSSR count). The maximum Gasteiger partial charge on any atom is 0.246 e. The molecule has 1 aromatic carbocycles. The summed E-state index contributed by atoms with van der Waals surface area (Å²) >= 11 is 0. The molecule has 1 aliphatic carbocycles. The Bertz CT molecular complexity index is 565. The van der Waals surface area contributed by atoms with Gasteiger partial charge in [-0.05, 0) is 32.3 Å². The van der Waals surface area contributed by atoms with Gasteiger partial charge in [0, 0.05) is 0 Å². The third-order valence-electron chi connectivity index (χ3n) is 3.94. The van der Waals surface area contributed by atoms with Crippen molar-refractivity contribution in [1.82, 2.24) is 10.1 Å². The van der Waals surface area contributed by atoms with Crippen LogP contribution in [0.1, 0.15) is 50.4 Å². The fourth-order valence-electron chi connectivity index (χ4n) is 2.61. The first-order valence-corrected chi connectivity index (χ1v) is 6.71. The number of rotatable bonds is 3. The van der Waals surface area contributed by atoms with E-state index in [1.165, 1.54) is 12.0 Å². The maximum atomic E-state index is 6.02. The van der Waals surface area contributed by atoms with Gasteiger partial charge in [-0.2, -0.15) is 4.98 Å². The topological polar surface area (TPSA) is 64.9 Å². The molecule has 0 unspecified atom stereocenters. The molecule has 0 amide bonds. The molecule has 100 valence electrons. The van der Waals surface area contributed by atoms with Gasteiger partial charge < -0.3 is 10.3 Å². The summed E-state index contributed by atoms with van der Waals surface area (Å²) in [6.45, 7) is 3.75. The van der Waals surface area contributed by atoms with Crippen molar-refractivity contribution in [3.8, 4) is 0 Å². The van der Waals surface area contributed by atoms with Crippen LogP contribution in [-0.2, 0) is 11.0 Å². The molecule has 2 aromatic rings. The molecule has 19 heavy (non-hydrogen) atoms. The molecular weight excluding hydrogens is 238 g/mol. The number of hydrogen-bond acceptors (Lipinski definition) is 4. The summed E-state index contributed by atoms with van der Waals surface area (Å²) in [5.74, 6) is 1.28. The van der Waals surface area contributed by atoms with Crippen LogP contribution < -0.4 is 5.73 Å². The van der Waals surface area contributed by atoms with E-state index in [0.29, 0.717) is 5.89 Å². The lowest BCUT2D eigenvalue weighted by atomic mass is 9.64. The number of benzene rings is 1. The van der Waals surface area contributed by atoms with Crippen LogP contribution in [0.5, 0.6) is 0 Å². The highest BCUT2D eigenvalue weighted by Crippen LogP contribution is 2.47. The summed E-state index contributed by atoms with van der Waals surface area (Å²) < 4.78 is 5.35. The van der Waals surface area contributed by atoms with E-state index in [1.54, 1.807) is 0 Å². The normalized spacial score (nSPS) is 18.1. The Kier molecular flexibility index (Phi) is 2.71. The number of nitrogens with two attached hydrogens (primary N) is 1. The van der Waals surface area contributed by atoms with E-state index in [9.17, 15) is 0 Å². The van der Waals surface area contributed by atoms with Gasteiger partial charge in [0.05, 0.1) is 11.0 Å². The molecule has 0 aliphatic heterocycles. The molecule has 1 saturated carbocycles. The predicted octanol–water partition coefficient (Wildman–Crippen LogP) is 2.73. The first-order valence-electron chi connectivity index (χ1n) is 6.71. The molecular formula is C15H19N3O. The van der Waals surface area contributed by atoms with Crippen LogP contribution in [0, 0.1) is 0 Å². The third kappa shape index (κ3) is 1.96. The van der Waals surface area contributed by atoms with E-state index in [0.717, 1.165) is 18.7 Å². The van der Waals surface area contributed by atoms with Gasteiger partial charge in [-0.15, -0.1) is 0 Å². The van der Waals surface area contributed by atoms with Crippen molar-refractivity contribution in [2.24, 2.45) is 5.73 Å². The van der Waals surface area contributed by atoms with Gasteiger partial charge in [0.2, 0.25) is 5.89 Å². The average Bonchev–Trinajstić information content (AvgIpc) is 2.78. The third-order valence-corrected chi connectivity index (χ3v) is 3.94. The minimum Gasteiger partial charge on any atom is -0.337 e. The Morgan fingerprint density at radius 3 is 2.37 bits per heavy atom. The molecule has 1 fully saturated rings. The van der Waals surface area contributed by atoms with Crippen molar-refractivity contribution in [3.63, 3.8) is 0 Å². The molecule has 0 atom stereocenters. The van der Waals surface area contributed by atoms with E-state index < -0.39 is 5.54 Å². The molecule has 4 nitrogen and oxygen atoms in total. The molecule has 0 radical (unpaired) electrons. The van der Waals surface area contributed by atoms with Crippen LogP contribution in [-0.4, -0.2) is 10.1 Å². The zero-order chi connectivity index (χ0) is 13.5.